The molecule has 0 spiro atoms. The van der Waals surface area contributed by atoms with Crippen LogP contribution in [0.5, 0.6) is 0 Å². The van der Waals surface area contributed by atoms with Gasteiger partial charge in [0.05, 0.1) is 16.9 Å². The van der Waals surface area contributed by atoms with Gasteiger partial charge in [0.25, 0.3) is 5.69 Å². The van der Waals surface area contributed by atoms with Crippen LogP contribution in [0.4, 0.5) is 22.7 Å². The molecule has 9 nitrogen and oxygen atoms in total. The van der Waals surface area contributed by atoms with Crippen molar-refractivity contribution >= 4 is 38.7 Å². The molecule has 0 aromatic heterocycles. The number of carbonyl (C=O) groups excluding carboxylic acids is 1. The van der Waals surface area contributed by atoms with Gasteiger partial charge in [-0.05, 0) is 49.6 Å². The van der Waals surface area contributed by atoms with Crippen molar-refractivity contribution in [2.75, 3.05) is 40.4 Å². The maximum Gasteiger partial charge on any atom is 0.271 e. The first-order valence-electron chi connectivity index (χ1n) is 9.53. The third-order valence-electron chi connectivity index (χ3n) is 4.98. The number of hydrogen-bond donors (Lipinski definition) is 1. The van der Waals surface area contributed by atoms with Crippen LogP contribution < -0.4 is 14.5 Å². The van der Waals surface area contributed by atoms with E-state index in [0.717, 1.165) is 48.2 Å². The van der Waals surface area contributed by atoms with Crippen molar-refractivity contribution in [1.29, 1.82) is 0 Å². The number of hydrogen-bond acceptors (Lipinski definition) is 6. The number of sulfonamides is 1. The highest BCUT2D eigenvalue weighted by Crippen LogP contribution is 2.27. The molecule has 1 aliphatic heterocycles. The van der Waals surface area contributed by atoms with E-state index < -0.39 is 27.4 Å². The van der Waals surface area contributed by atoms with Crippen molar-refractivity contribution in [2.45, 2.75) is 19.8 Å². The van der Waals surface area contributed by atoms with Crippen LogP contribution in [0.25, 0.3) is 0 Å². The van der Waals surface area contributed by atoms with Gasteiger partial charge in [-0.15, -0.1) is 0 Å². The van der Waals surface area contributed by atoms with E-state index in [1.165, 1.54) is 12.1 Å². The summed E-state index contributed by atoms with van der Waals surface area (Å²) in [5.41, 5.74) is 1.99. The lowest BCUT2D eigenvalue weighted by Gasteiger charge is -2.23. The van der Waals surface area contributed by atoms with E-state index >= 15 is 0 Å². The van der Waals surface area contributed by atoms with Crippen LogP contribution in [0.1, 0.15) is 18.4 Å². The van der Waals surface area contributed by atoms with Crippen LogP contribution in [0.2, 0.25) is 0 Å². The van der Waals surface area contributed by atoms with E-state index in [2.05, 4.69) is 10.2 Å². The minimum Gasteiger partial charge on any atom is -0.372 e. The van der Waals surface area contributed by atoms with E-state index in [4.69, 9.17) is 0 Å². The smallest absolute Gasteiger partial charge is 0.271 e. The minimum absolute atomic E-state index is 0.103. The zero-order valence-corrected chi connectivity index (χ0v) is 17.7. The molecular formula is C20H24N4O5S. The summed E-state index contributed by atoms with van der Waals surface area (Å²) >= 11 is 0. The highest BCUT2D eigenvalue weighted by Gasteiger charge is 2.24. The third kappa shape index (κ3) is 5.07. The number of nitrogens with zero attached hydrogens (tertiary/aromatic N) is 3. The highest BCUT2D eigenvalue weighted by atomic mass is 32.2. The number of aryl methyl sites for hydroxylation is 1. The normalized spacial score (nSPS) is 13.9. The Hall–Kier alpha value is -3.14. The van der Waals surface area contributed by atoms with Crippen molar-refractivity contribution < 1.29 is 18.1 Å². The Kier molecular flexibility index (Phi) is 6.25. The average Bonchev–Trinajstić information content (AvgIpc) is 3.21. The lowest BCUT2D eigenvalue weighted by molar-refractivity contribution is -0.384. The molecule has 10 heteroatoms. The molecule has 0 saturated carbocycles. The average molecular weight is 433 g/mol. The fourth-order valence-electron chi connectivity index (χ4n) is 3.42. The topological polar surface area (TPSA) is 113 Å². The number of carbonyl (C=O) groups is 1. The summed E-state index contributed by atoms with van der Waals surface area (Å²) in [6, 6.07) is 11.3. The van der Waals surface area contributed by atoms with Crippen molar-refractivity contribution in [1.82, 2.24) is 0 Å². The summed E-state index contributed by atoms with van der Waals surface area (Å²) in [5.74, 6) is -0.541. The molecule has 1 aliphatic rings. The molecule has 0 unspecified atom stereocenters. The quantitative estimate of drug-likeness (QED) is 0.532. The zero-order chi connectivity index (χ0) is 21.9. The van der Waals surface area contributed by atoms with Crippen LogP contribution in [0, 0.1) is 17.0 Å². The lowest BCUT2D eigenvalue weighted by Crippen LogP contribution is -2.37. The predicted molar refractivity (Wildman–Crippen MR) is 117 cm³/mol. The van der Waals surface area contributed by atoms with Gasteiger partial charge in [0, 0.05) is 36.6 Å². The Morgan fingerprint density at radius 1 is 1.17 bits per heavy atom. The van der Waals surface area contributed by atoms with Crippen LogP contribution in [-0.2, 0) is 14.8 Å². The number of anilines is 3. The standard InChI is InChI=1S/C20H24N4O5S/c1-15-5-8-18(24(26)27)13-19(15)23(30(2,28)29)14-20(25)21-16-6-9-17(10-7-16)22-11-3-4-12-22/h5-10,13H,3-4,11-12,14H2,1-2H3,(H,21,25). The van der Waals surface area contributed by atoms with Gasteiger partial charge >= 0.3 is 0 Å². The van der Waals surface area contributed by atoms with E-state index in [-0.39, 0.29) is 11.4 Å². The second kappa shape index (κ2) is 8.70. The van der Waals surface area contributed by atoms with E-state index in [1.807, 2.05) is 12.1 Å². The number of non-ortho nitro benzene ring substituents is 1. The van der Waals surface area contributed by atoms with Gasteiger partial charge in [0.2, 0.25) is 15.9 Å². The summed E-state index contributed by atoms with van der Waals surface area (Å²) in [6.07, 6.45) is 3.29. The Morgan fingerprint density at radius 3 is 2.37 bits per heavy atom. The number of nitro groups is 1. The minimum atomic E-state index is -3.84. The highest BCUT2D eigenvalue weighted by molar-refractivity contribution is 7.92. The molecule has 3 rings (SSSR count). The van der Waals surface area contributed by atoms with Crippen molar-refractivity contribution in [3.63, 3.8) is 0 Å². The van der Waals surface area contributed by atoms with Gasteiger partial charge in [-0.2, -0.15) is 0 Å². The Labute approximate surface area is 175 Å². The summed E-state index contributed by atoms with van der Waals surface area (Å²) < 4.78 is 25.5. The van der Waals surface area contributed by atoms with Gasteiger partial charge in [-0.25, -0.2) is 8.42 Å². The van der Waals surface area contributed by atoms with Crippen molar-refractivity contribution in [2.24, 2.45) is 0 Å². The van der Waals surface area contributed by atoms with Gasteiger partial charge < -0.3 is 10.2 Å². The van der Waals surface area contributed by atoms with Crippen LogP contribution in [-0.4, -0.2) is 45.1 Å². The molecule has 1 saturated heterocycles. The first-order chi connectivity index (χ1) is 14.1. The molecule has 1 heterocycles. The maximum atomic E-state index is 12.6. The zero-order valence-electron chi connectivity index (χ0n) is 16.9. The Balaban J connectivity index is 1.77. The van der Waals surface area contributed by atoms with Crippen LogP contribution in [0.15, 0.2) is 42.5 Å². The van der Waals surface area contributed by atoms with Gasteiger partial charge in [-0.3, -0.25) is 19.2 Å². The third-order valence-corrected chi connectivity index (χ3v) is 6.11. The maximum absolute atomic E-state index is 12.6. The van der Waals surface area contributed by atoms with Crippen LogP contribution >= 0.6 is 0 Å². The summed E-state index contributed by atoms with van der Waals surface area (Å²) in [6.45, 7) is 3.16. The Morgan fingerprint density at radius 2 is 1.80 bits per heavy atom. The fourth-order valence-corrected chi connectivity index (χ4v) is 4.33. The van der Waals surface area contributed by atoms with Gasteiger partial charge in [0.1, 0.15) is 6.54 Å². The van der Waals surface area contributed by atoms with Gasteiger partial charge in [-0.1, -0.05) is 6.07 Å². The number of nitrogens with one attached hydrogen (secondary N) is 1. The molecular weight excluding hydrogens is 408 g/mol. The van der Waals surface area contributed by atoms with E-state index in [9.17, 15) is 23.3 Å². The monoisotopic (exact) mass is 432 g/mol. The fraction of sp³-hybridized carbons (Fsp3) is 0.350. The molecule has 1 N–H and O–H groups in total. The number of rotatable bonds is 7. The predicted octanol–water partition coefficient (Wildman–Crippen LogP) is 2.91. The largest absolute Gasteiger partial charge is 0.372 e. The summed E-state index contributed by atoms with van der Waals surface area (Å²) in [4.78, 5) is 25.3. The van der Waals surface area contributed by atoms with Gasteiger partial charge in [0.15, 0.2) is 0 Å². The lowest BCUT2D eigenvalue weighted by atomic mass is 10.2. The second-order valence-corrected chi connectivity index (χ2v) is 9.19. The number of amides is 1. The molecule has 0 radical (unpaired) electrons. The first-order valence-corrected chi connectivity index (χ1v) is 11.4. The molecule has 0 aliphatic carbocycles. The second-order valence-electron chi connectivity index (χ2n) is 7.29. The SMILES string of the molecule is Cc1ccc([N+](=O)[O-])cc1N(CC(=O)Nc1ccc(N2CCCC2)cc1)S(C)(=O)=O. The number of nitro benzene ring substituents is 1. The molecule has 0 bridgehead atoms. The van der Waals surface area contributed by atoms with Crippen molar-refractivity contribution in [3.8, 4) is 0 Å². The van der Waals surface area contributed by atoms with E-state index in [1.54, 1.807) is 19.1 Å². The molecule has 2 aromatic carbocycles. The molecule has 1 fully saturated rings. The van der Waals surface area contributed by atoms with E-state index in [0.29, 0.717) is 11.3 Å². The molecule has 0 atom stereocenters. The molecule has 1 amide bonds. The summed E-state index contributed by atoms with van der Waals surface area (Å²) in [7, 11) is -3.84. The summed E-state index contributed by atoms with van der Waals surface area (Å²) in [5, 5.41) is 13.8. The molecule has 30 heavy (non-hydrogen) atoms. The molecule has 160 valence electrons. The van der Waals surface area contributed by atoms with Crippen LogP contribution in [0.3, 0.4) is 0 Å². The molecule has 2 aromatic rings. The number of benzene rings is 2. The first kappa shape index (κ1) is 21.6. The van der Waals surface area contributed by atoms with Crippen molar-refractivity contribution in [3.05, 3.63) is 58.1 Å². The Bertz CT molecular complexity index is 1050.